The summed E-state index contributed by atoms with van der Waals surface area (Å²) in [5, 5.41) is 1.17. The van der Waals surface area contributed by atoms with Crippen LogP contribution in [0.5, 0.6) is 0 Å². The molecule has 0 fully saturated rings. The Morgan fingerprint density at radius 1 is 0.790 bits per heavy atom. The largest absolute Gasteiger partial charge is 0.456 e. The van der Waals surface area contributed by atoms with Crippen LogP contribution in [0, 0.1) is 18.3 Å². The summed E-state index contributed by atoms with van der Waals surface area (Å²) in [5.41, 5.74) is 20.1. The van der Waals surface area contributed by atoms with Gasteiger partial charge in [-0.05, 0) is 124 Å². The van der Waals surface area contributed by atoms with Gasteiger partial charge in [0.05, 0.1) is 11.5 Å². The van der Waals surface area contributed by atoms with Crippen molar-refractivity contribution in [2.75, 3.05) is 4.90 Å². The number of furan rings is 1. The quantitative estimate of drug-likeness (QED) is 0.118. The van der Waals surface area contributed by atoms with Crippen molar-refractivity contribution < 1.29 is 4.42 Å². The number of hydrogen-bond acceptors (Lipinski definition) is 2. The van der Waals surface area contributed by atoms with Crippen molar-refractivity contribution in [2.24, 2.45) is 5.92 Å². The van der Waals surface area contributed by atoms with Crippen molar-refractivity contribution in [1.82, 2.24) is 0 Å². The van der Waals surface area contributed by atoms with Gasteiger partial charge in [0.25, 0.3) is 0 Å². The zero-order valence-corrected chi connectivity index (χ0v) is 36.1. The number of allylic oxidation sites excluding steroid dienone is 12. The van der Waals surface area contributed by atoms with Gasteiger partial charge in [-0.25, -0.2) is 0 Å². The van der Waals surface area contributed by atoms with Gasteiger partial charge in [0.2, 0.25) is 0 Å². The van der Waals surface area contributed by atoms with Crippen LogP contribution in [0.2, 0.25) is 0 Å². The fourth-order valence-corrected chi connectivity index (χ4v) is 11.7. The lowest BCUT2D eigenvalue weighted by Crippen LogP contribution is -2.37. The molecule has 62 heavy (non-hydrogen) atoms. The molecule has 302 valence electrons. The van der Waals surface area contributed by atoms with Gasteiger partial charge < -0.3 is 9.32 Å². The molecule has 2 unspecified atom stereocenters. The molecular formula is C60H51NO. The molecule has 5 aromatic carbocycles. The molecule has 0 saturated carbocycles. The van der Waals surface area contributed by atoms with Gasteiger partial charge in [0, 0.05) is 39.7 Å². The lowest BCUT2D eigenvalue weighted by molar-refractivity contribution is 0.565. The molecule has 0 spiro atoms. The van der Waals surface area contributed by atoms with E-state index in [1.54, 1.807) is 5.57 Å². The third-order valence-corrected chi connectivity index (χ3v) is 14.6. The van der Waals surface area contributed by atoms with Gasteiger partial charge in [-0.2, -0.15) is 0 Å². The van der Waals surface area contributed by atoms with Crippen molar-refractivity contribution in [3.63, 3.8) is 0 Å². The first-order valence-electron chi connectivity index (χ1n) is 22.4. The maximum atomic E-state index is 6.91. The number of anilines is 1. The minimum Gasteiger partial charge on any atom is -0.456 e. The van der Waals surface area contributed by atoms with Crippen LogP contribution in [0.1, 0.15) is 91.7 Å². The van der Waals surface area contributed by atoms with Crippen molar-refractivity contribution in [2.45, 2.75) is 70.3 Å². The van der Waals surface area contributed by atoms with E-state index < -0.39 is 5.41 Å². The Labute approximate surface area is 366 Å². The van der Waals surface area contributed by atoms with E-state index >= 15 is 0 Å². The van der Waals surface area contributed by atoms with E-state index in [2.05, 4.69) is 202 Å². The van der Waals surface area contributed by atoms with Gasteiger partial charge in [0.1, 0.15) is 11.3 Å². The Kier molecular flexibility index (Phi) is 9.02. The van der Waals surface area contributed by atoms with Crippen molar-refractivity contribution in [3.8, 4) is 23.5 Å². The van der Waals surface area contributed by atoms with Gasteiger partial charge in [-0.1, -0.05) is 166 Å². The number of benzene rings is 5. The molecule has 0 radical (unpaired) electrons. The van der Waals surface area contributed by atoms with E-state index in [-0.39, 0.29) is 11.5 Å². The van der Waals surface area contributed by atoms with Crippen LogP contribution >= 0.6 is 0 Å². The zero-order valence-electron chi connectivity index (χ0n) is 36.1. The number of rotatable bonds is 7. The van der Waals surface area contributed by atoms with Crippen LogP contribution in [-0.2, 0) is 17.3 Å². The lowest BCUT2D eigenvalue weighted by Gasteiger charge is -2.38. The van der Waals surface area contributed by atoms with Crippen molar-refractivity contribution >= 4 is 33.9 Å². The molecule has 11 rings (SSSR count). The average molecular weight is 802 g/mol. The van der Waals surface area contributed by atoms with Gasteiger partial charge >= 0.3 is 0 Å². The number of fused-ring (bicyclic) bond motifs is 8. The van der Waals surface area contributed by atoms with Gasteiger partial charge in [-0.3, -0.25) is 0 Å². The van der Waals surface area contributed by atoms with Crippen molar-refractivity contribution in [1.29, 1.82) is 0 Å². The van der Waals surface area contributed by atoms with E-state index in [0.29, 0.717) is 5.92 Å². The third kappa shape index (κ3) is 5.64. The SMILES string of the molecule is C#C/C=C\C(=C/C)C1(c2ccc3c4c(oc3c2)C=CC(N(C2=CC=C(c3ccccc3)CC2)c2cccc3c2C2=C(CC(C)C=C2)C3(C)C)C4)c2ccccc2-c2ccccc21. The molecule has 1 heterocycles. The van der Waals surface area contributed by atoms with E-state index in [1.165, 1.54) is 78.0 Å². The Hall–Kier alpha value is -6.82. The van der Waals surface area contributed by atoms with Gasteiger partial charge in [-0.15, -0.1) is 6.42 Å². The second-order valence-corrected chi connectivity index (χ2v) is 18.2. The maximum Gasteiger partial charge on any atom is 0.135 e. The van der Waals surface area contributed by atoms with Crippen LogP contribution in [0.3, 0.4) is 0 Å². The highest BCUT2D eigenvalue weighted by Crippen LogP contribution is 2.58. The molecule has 1 aromatic heterocycles. The fourth-order valence-electron chi connectivity index (χ4n) is 11.7. The molecule has 5 aliphatic rings. The smallest absolute Gasteiger partial charge is 0.135 e. The van der Waals surface area contributed by atoms with Crippen LogP contribution in [0.4, 0.5) is 5.69 Å². The molecule has 0 amide bonds. The van der Waals surface area contributed by atoms with Crippen LogP contribution in [-0.4, -0.2) is 6.04 Å². The summed E-state index contributed by atoms with van der Waals surface area (Å²) in [7, 11) is 0. The molecule has 0 N–H and O–H groups in total. The highest BCUT2D eigenvalue weighted by atomic mass is 16.3. The first-order valence-corrected chi connectivity index (χ1v) is 22.4. The molecule has 5 aliphatic carbocycles. The Bertz CT molecular complexity index is 3040. The predicted molar refractivity (Wildman–Crippen MR) is 260 cm³/mol. The second kappa shape index (κ2) is 14.7. The number of nitrogens with zero attached hydrogens (tertiary/aromatic N) is 1. The molecule has 2 heteroatoms. The Morgan fingerprint density at radius 2 is 1.53 bits per heavy atom. The standard InChI is InChI=1S/C60H51NO/c1-6-8-19-42(7-2)60(51-22-14-12-20-46(51)47-21-13-15-23-52(47)60)43-29-34-48-50-38-45(32-35-56(50)62-57(48)37-43)61(44-30-27-41(28-31-44)40-17-10-9-11-18-40)55-25-16-24-53-58(55)49-33-26-39(3)36-54(49)59(53,4)5/h1,7-27,29-30,32-35,37,39,45H,28,31,36,38H2,2-5H3/b19-8-,42-7+. The Morgan fingerprint density at radius 3 is 2.26 bits per heavy atom. The molecule has 0 aliphatic heterocycles. The first kappa shape index (κ1) is 38.1. The van der Waals surface area contributed by atoms with E-state index in [1.807, 2.05) is 6.08 Å². The summed E-state index contributed by atoms with van der Waals surface area (Å²) in [6.45, 7) is 9.33. The summed E-state index contributed by atoms with van der Waals surface area (Å²) < 4.78 is 6.91. The van der Waals surface area contributed by atoms with Gasteiger partial charge in [0.15, 0.2) is 0 Å². The fraction of sp³-hybridized carbons (Fsp3) is 0.200. The zero-order chi connectivity index (χ0) is 42.2. The summed E-state index contributed by atoms with van der Waals surface area (Å²) >= 11 is 0. The average Bonchev–Trinajstić information content (AvgIpc) is 3.90. The minimum absolute atomic E-state index is 0.0259. The molecule has 2 atom stereocenters. The van der Waals surface area contributed by atoms with Crippen molar-refractivity contribution in [3.05, 3.63) is 225 Å². The highest BCUT2D eigenvalue weighted by Gasteiger charge is 2.47. The van der Waals surface area contributed by atoms with Crippen LogP contribution < -0.4 is 4.90 Å². The summed E-state index contributed by atoms with van der Waals surface area (Å²) in [6.07, 6.45) is 30.1. The normalized spacial score (nSPS) is 20.3. The number of hydrogen-bond donors (Lipinski definition) is 0. The van der Waals surface area contributed by atoms with Crippen LogP contribution in [0.25, 0.3) is 39.3 Å². The minimum atomic E-state index is -0.564. The third-order valence-electron chi connectivity index (χ3n) is 14.6. The highest BCUT2D eigenvalue weighted by molar-refractivity contribution is 5.95. The monoisotopic (exact) mass is 801 g/mol. The molecule has 0 saturated heterocycles. The summed E-state index contributed by atoms with van der Waals surface area (Å²) in [4.78, 5) is 2.68. The summed E-state index contributed by atoms with van der Waals surface area (Å²) in [5.74, 6) is 4.25. The topological polar surface area (TPSA) is 16.4 Å². The summed E-state index contributed by atoms with van der Waals surface area (Å²) in [6, 6.07) is 42.6. The molecule has 0 bridgehead atoms. The maximum absolute atomic E-state index is 6.91. The predicted octanol–water partition coefficient (Wildman–Crippen LogP) is 14.7. The number of terminal acetylenes is 1. The lowest BCUT2D eigenvalue weighted by atomic mass is 9.67. The van der Waals surface area contributed by atoms with Crippen LogP contribution in [0.15, 0.2) is 185 Å². The van der Waals surface area contributed by atoms with E-state index in [4.69, 9.17) is 10.8 Å². The first-order chi connectivity index (χ1) is 30.3. The molecule has 6 aromatic rings. The molecule has 2 nitrogen and oxygen atoms in total. The molecular weight excluding hydrogens is 751 g/mol. The second-order valence-electron chi connectivity index (χ2n) is 18.2. The van der Waals surface area contributed by atoms with E-state index in [9.17, 15) is 0 Å². The van der Waals surface area contributed by atoms with E-state index in [0.717, 1.165) is 42.6 Å². The Balaban J connectivity index is 1.04.